The molecule has 0 spiro atoms. The Labute approximate surface area is 127 Å². The smallest absolute Gasteiger partial charge is 0.407 e. The average Bonchev–Trinajstić information content (AvgIpc) is 2.48. The molecule has 120 valence electrons. The molecule has 1 aromatic rings. The summed E-state index contributed by atoms with van der Waals surface area (Å²) in [7, 11) is 0. The number of rotatable bonds is 2. The Morgan fingerprint density at radius 1 is 0.909 bits per heavy atom. The van der Waals surface area contributed by atoms with Crippen molar-refractivity contribution in [2.75, 3.05) is 13.1 Å². The number of likely N-dealkylation sites (tertiary alicyclic amines) is 1. The van der Waals surface area contributed by atoms with Crippen LogP contribution in [0.5, 0.6) is 0 Å². The Bertz CT molecular complexity index is 531. The van der Waals surface area contributed by atoms with Gasteiger partial charge in [-0.3, -0.25) is 0 Å². The van der Waals surface area contributed by atoms with Gasteiger partial charge in [0, 0.05) is 13.1 Å². The van der Waals surface area contributed by atoms with Crippen molar-refractivity contribution in [3.05, 3.63) is 34.9 Å². The fourth-order valence-corrected chi connectivity index (χ4v) is 2.18. The van der Waals surface area contributed by atoms with Gasteiger partial charge in [0.2, 0.25) is 0 Å². The van der Waals surface area contributed by atoms with E-state index in [-0.39, 0.29) is 16.7 Å². The highest BCUT2D eigenvalue weighted by molar-refractivity contribution is 5.96. The maximum Gasteiger partial charge on any atom is 0.407 e. The van der Waals surface area contributed by atoms with Crippen molar-refractivity contribution in [1.82, 2.24) is 4.90 Å². The summed E-state index contributed by atoms with van der Waals surface area (Å²) >= 11 is 0. The van der Waals surface area contributed by atoms with Gasteiger partial charge in [0.25, 0.3) is 0 Å². The number of nitrogens with zero attached hydrogens (tertiary/aromatic N) is 1. The van der Waals surface area contributed by atoms with Crippen LogP contribution >= 0.6 is 0 Å². The van der Waals surface area contributed by atoms with Crippen LogP contribution in [0, 0.1) is 6.92 Å². The highest BCUT2D eigenvalue weighted by atomic mass is 16.4. The van der Waals surface area contributed by atoms with E-state index in [1.165, 1.54) is 36.4 Å². The van der Waals surface area contributed by atoms with Gasteiger partial charge >= 0.3 is 18.0 Å². The molecule has 0 aliphatic carbocycles. The summed E-state index contributed by atoms with van der Waals surface area (Å²) in [5, 5.41) is 25.8. The first-order valence-electron chi connectivity index (χ1n) is 6.88. The van der Waals surface area contributed by atoms with Gasteiger partial charge in [-0.05, 0) is 43.9 Å². The van der Waals surface area contributed by atoms with Crippen molar-refractivity contribution in [2.24, 2.45) is 0 Å². The number of piperidine rings is 1. The highest BCUT2D eigenvalue weighted by Crippen LogP contribution is 2.13. The predicted molar refractivity (Wildman–Crippen MR) is 78.5 cm³/mol. The number of hydrogen-bond donors (Lipinski definition) is 3. The van der Waals surface area contributed by atoms with Gasteiger partial charge in [0.1, 0.15) is 0 Å². The third-order valence-corrected chi connectivity index (χ3v) is 3.42. The molecular weight excluding hydrogens is 290 g/mol. The van der Waals surface area contributed by atoms with Crippen LogP contribution in [0.25, 0.3) is 0 Å². The Morgan fingerprint density at radius 3 is 1.68 bits per heavy atom. The fraction of sp³-hybridized carbons (Fsp3) is 0.400. The molecule has 0 atom stereocenters. The van der Waals surface area contributed by atoms with Gasteiger partial charge < -0.3 is 20.2 Å². The average molecular weight is 309 g/mol. The predicted octanol–water partition coefficient (Wildman–Crippen LogP) is 2.54. The molecule has 2 rings (SSSR count). The molecule has 0 aromatic heterocycles. The first-order chi connectivity index (χ1) is 10.3. The molecular formula is C15H19NO6. The maximum absolute atomic E-state index is 10.6. The highest BCUT2D eigenvalue weighted by Gasteiger charge is 2.14. The van der Waals surface area contributed by atoms with Crippen LogP contribution in [0.15, 0.2) is 18.2 Å². The van der Waals surface area contributed by atoms with Gasteiger partial charge in [-0.1, -0.05) is 6.07 Å². The second-order valence-corrected chi connectivity index (χ2v) is 4.92. The number of carbonyl (C=O) groups is 3. The number of benzene rings is 1. The molecule has 1 saturated heterocycles. The fourth-order valence-electron chi connectivity index (χ4n) is 2.18. The van der Waals surface area contributed by atoms with Crippen LogP contribution in [0.3, 0.4) is 0 Å². The zero-order valence-corrected chi connectivity index (χ0v) is 12.3. The molecule has 1 amide bonds. The van der Waals surface area contributed by atoms with E-state index in [1.807, 2.05) is 0 Å². The number of carboxylic acid groups (broad SMARTS) is 3. The second kappa shape index (κ2) is 8.02. The van der Waals surface area contributed by atoms with E-state index in [0.717, 1.165) is 25.9 Å². The summed E-state index contributed by atoms with van der Waals surface area (Å²) in [5.41, 5.74) is 0.335. The molecule has 0 saturated carbocycles. The largest absolute Gasteiger partial charge is 0.478 e. The Hall–Kier alpha value is -2.57. The molecule has 7 nitrogen and oxygen atoms in total. The molecule has 1 aliphatic heterocycles. The summed E-state index contributed by atoms with van der Waals surface area (Å²) in [4.78, 5) is 33.0. The SMILES string of the molecule is Cc1c(C(=O)O)cccc1C(=O)O.O=C(O)N1CCCCC1. The van der Waals surface area contributed by atoms with Crippen molar-refractivity contribution in [1.29, 1.82) is 0 Å². The van der Waals surface area contributed by atoms with Crippen molar-refractivity contribution in [3.8, 4) is 0 Å². The number of hydrogen-bond acceptors (Lipinski definition) is 3. The molecule has 0 radical (unpaired) electrons. The quantitative estimate of drug-likeness (QED) is 0.773. The van der Waals surface area contributed by atoms with E-state index in [4.69, 9.17) is 15.3 Å². The minimum absolute atomic E-state index is 0.0277. The van der Waals surface area contributed by atoms with Crippen LogP contribution in [0.2, 0.25) is 0 Å². The summed E-state index contributed by atoms with van der Waals surface area (Å²) in [5.74, 6) is -2.22. The van der Waals surface area contributed by atoms with E-state index in [0.29, 0.717) is 0 Å². The lowest BCUT2D eigenvalue weighted by molar-refractivity contribution is 0.0696. The van der Waals surface area contributed by atoms with Gasteiger partial charge in [-0.2, -0.15) is 0 Å². The molecule has 1 heterocycles. The molecule has 1 aromatic carbocycles. The lowest BCUT2D eigenvalue weighted by Gasteiger charge is -2.22. The van der Waals surface area contributed by atoms with Gasteiger partial charge in [0.05, 0.1) is 11.1 Å². The molecule has 7 heteroatoms. The topological polar surface area (TPSA) is 115 Å². The van der Waals surface area contributed by atoms with E-state index in [2.05, 4.69) is 0 Å². The van der Waals surface area contributed by atoms with Crippen LogP contribution in [-0.4, -0.2) is 51.3 Å². The van der Waals surface area contributed by atoms with Gasteiger partial charge in [0.15, 0.2) is 0 Å². The Morgan fingerprint density at radius 2 is 1.36 bits per heavy atom. The minimum Gasteiger partial charge on any atom is -0.478 e. The second-order valence-electron chi connectivity index (χ2n) is 4.92. The summed E-state index contributed by atoms with van der Waals surface area (Å²) in [6.07, 6.45) is 2.48. The number of aromatic carboxylic acids is 2. The molecule has 1 aliphatic rings. The monoisotopic (exact) mass is 309 g/mol. The first kappa shape index (κ1) is 17.5. The van der Waals surface area contributed by atoms with Crippen molar-refractivity contribution < 1.29 is 29.7 Å². The molecule has 22 heavy (non-hydrogen) atoms. The zero-order chi connectivity index (χ0) is 16.7. The number of amides is 1. The van der Waals surface area contributed by atoms with Crippen LogP contribution in [-0.2, 0) is 0 Å². The van der Waals surface area contributed by atoms with Crippen LogP contribution in [0.4, 0.5) is 4.79 Å². The molecule has 0 bridgehead atoms. The Kier molecular flexibility index (Phi) is 6.37. The minimum atomic E-state index is -1.11. The van der Waals surface area contributed by atoms with E-state index in [9.17, 15) is 14.4 Å². The van der Waals surface area contributed by atoms with E-state index < -0.39 is 18.0 Å². The number of carboxylic acids is 2. The van der Waals surface area contributed by atoms with Crippen molar-refractivity contribution in [2.45, 2.75) is 26.2 Å². The van der Waals surface area contributed by atoms with E-state index in [1.54, 1.807) is 0 Å². The van der Waals surface area contributed by atoms with Crippen molar-refractivity contribution in [3.63, 3.8) is 0 Å². The maximum atomic E-state index is 10.6. The summed E-state index contributed by atoms with van der Waals surface area (Å²) in [6.45, 7) is 2.94. The molecule has 1 fully saturated rings. The summed E-state index contributed by atoms with van der Waals surface area (Å²) < 4.78 is 0. The Balaban J connectivity index is 0.000000235. The van der Waals surface area contributed by atoms with Crippen LogP contribution in [0.1, 0.15) is 45.5 Å². The lowest BCUT2D eigenvalue weighted by Crippen LogP contribution is -2.34. The first-order valence-corrected chi connectivity index (χ1v) is 6.88. The lowest BCUT2D eigenvalue weighted by atomic mass is 10.0. The van der Waals surface area contributed by atoms with E-state index >= 15 is 0 Å². The van der Waals surface area contributed by atoms with Crippen LogP contribution < -0.4 is 0 Å². The third kappa shape index (κ3) is 4.76. The normalized spacial score (nSPS) is 13.8. The molecule has 3 N–H and O–H groups in total. The standard InChI is InChI=1S/C9H8O4.C6H11NO2/c1-5-6(8(10)11)3-2-4-7(5)9(12)13;8-6(9)7-4-2-1-3-5-7/h2-4H,1H3,(H,10,11)(H,12,13);1-5H2,(H,8,9). The zero-order valence-electron chi connectivity index (χ0n) is 12.3. The van der Waals surface area contributed by atoms with Crippen molar-refractivity contribution >= 4 is 18.0 Å². The van der Waals surface area contributed by atoms with Gasteiger partial charge in [-0.25, -0.2) is 14.4 Å². The third-order valence-electron chi connectivity index (χ3n) is 3.42. The molecule has 0 unspecified atom stereocenters. The van der Waals surface area contributed by atoms with Gasteiger partial charge in [-0.15, -0.1) is 0 Å². The summed E-state index contributed by atoms with van der Waals surface area (Å²) in [6, 6.07) is 4.17.